The highest BCUT2D eigenvalue weighted by atomic mass is 16.5. The van der Waals surface area contributed by atoms with Crippen molar-refractivity contribution in [2.24, 2.45) is 11.8 Å². The molecule has 0 N–H and O–H groups in total. The van der Waals surface area contributed by atoms with Gasteiger partial charge in [0.15, 0.2) is 0 Å². The van der Waals surface area contributed by atoms with E-state index < -0.39 is 0 Å². The van der Waals surface area contributed by atoms with Crippen LogP contribution in [0, 0.1) is 18.8 Å². The smallest absolute Gasteiger partial charge is 0.263 e. The number of aromatic nitrogens is 3. The summed E-state index contributed by atoms with van der Waals surface area (Å²) in [4.78, 5) is 13.8. The zero-order chi connectivity index (χ0) is 15.4. The Morgan fingerprint density at radius 1 is 1.09 bits per heavy atom. The van der Waals surface area contributed by atoms with Gasteiger partial charge < -0.3 is 9.42 Å². The van der Waals surface area contributed by atoms with Crippen LogP contribution >= 0.6 is 0 Å². The number of fused-ring (bicyclic) bond motifs is 3. The van der Waals surface area contributed by atoms with E-state index in [2.05, 4.69) is 24.9 Å². The largest absolute Gasteiger partial charge is 0.353 e. The molecule has 3 heterocycles. The SMILES string of the molecule is Cc1noc2ncnc(N3CCN([C@H]4C[C@H]5CC[C@H]4C5)CC3)c12. The summed E-state index contributed by atoms with van der Waals surface area (Å²) < 4.78 is 5.28. The first-order valence-electron chi connectivity index (χ1n) is 8.85. The van der Waals surface area contributed by atoms with Gasteiger partial charge in [0.2, 0.25) is 0 Å². The molecule has 2 bridgehead atoms. The number of hydrogen-bond acceptors (Lipinski definition) is 6. The molecular weight excluding hydrogens is 290 g/mol. The van der Waals surface area contributed by atoms with Gasteiger partial charge in [-0.15, -0.1) is 0 Å². The summed E-state index contributed by atoms with van der Waals surface area (Å²) in [6.07, 6.45) is 7.45. The lowest BCUT2D eigenvalue weighted by atomic mass is 9.93. The van der Waals surface area contributed by atoms with Crippen LogP contribution in [-0.2, 0) is 0 Å². The quantitative estimate of drug-likeness (QED) is 0.847. The Balaban J connectivity index is 1.33. The van der Waals surface area contributed by atoms with Crippen LogP contribution in [0.1, 0.15) is 31.4 Å². The van der Waals surface area contributed by atoms with Crippen LogP contribution in [-0.4, -0.2) is 52.2 Å². The Morgan fingerprint density at radius 2 is 1.96 bits per heavy atom. The molecule has 3 atom stereocenters. The first-order chi connectivity index (χ1) is 11.3. The van der Waals surface area contributed by atoms with Crippen molar-refractivity contribution in [1.82, 2.24) is 20.0 Å². The molecule has 2 aromatic rings. The van der Waals surface area contributed by atoms with Crippen LogP contribution in [0.25, 0.3) is 11.1 Å². The maximum absolute atomic E-state index is 5.28. The lowest BCUT2D eigenvalue weighted by molar-refractivity contribution is 0.135. The van der Waals surface area contributed by atoms with Crippen LogP contribution in [0.5, 0.6) is 0 Å². The van der Waals surface area contributed by atoms with E-state index in [0.717, 1.165) is 61.0 Å². The van der Waals surface area contributed by atoms with E-state index in [4.69, 9.17) is 4.52 Å². The average molecular weight is 313 g/mol. The standard InChI is InChI=1S/C17H23N5O/c1-11-15-16(18-10-19-17(15)23-20-11)22-6-4-21(5-7-22)14-9-12-2-3-13(14)8-12/h10,12-14H,2-9H2,1H3/t12-,13-,14-/m0/s1. The molecule has 1 aliphatic heterocycles. The average Bonchev–Trinajstić information content (AvgIpc) is 3.31. The summed E-state index contributed by atoms with van der Waals surface area (Å²) in [6, 6.07) is 0.846. The second kappa shape index (κ2) is 5.16. The third-order valence-corrected chi connectivity index (χ3v) is 6.21. The first-order valence-corrected chi connectivity index (χ1v) is 8.85. The second-order valence-corrected chi connectivity index (χ2v) is 7.41. The second-order valence-electron chi connectivity index (χ2n) is 7.41. The fourth-order valence-corrected chi connectivity index (χ4v) is 5.07. The molecule has 0 aromatic carbocycles. The third kappa shape index (κ3) is 2.15. The summed E-state index contributed by atoms with van der Waals surface area (Å²) in [7, 11) is 0. The molecule has 6 nitrogen and oxygen atoms in total. The summed E-state index contributed by atoms with van der Waals surface area (Å²) in [5.41, 5.74) is 1.48. The zero-order valence-electron chi connectivity index (χ0n) is 13.6. The lowest BCUT2D eigenvalue weighted by Gasteiger charge is -2.41. The van der Waals surface area contributed by atoms with Gasteiger partial charge in [0.1, 0.15) is 17.5 Å². The van der Waals surface area contributed by atoms with Gasteiger partial charge in [0.25, 0.3) is 5.71 Å². The highest BCUT2D eigenvalue weighted by molar-refractivity contribution is 5.87. The summed E-state index contributed by atoms with van der Waals surface area (Å²) in [6.45, 7) is 6.31. The molecule has 122 valence electrons. The molecule has 1 saturated heterocycles. The number of hydrogen-bond donors (Lipinski definition) is 0. The Hall–Kier alpha value is -1.69. The van der Waals surface area contributed by atoms with Crippen molar-refractivity contribution in [3.05, 3.63) is 12.0 Å². The maximum Gasteiger partial charge on any atom is 0.263 e. The molecule has 2 aliphatic carbocycles. The van der Waals surface area contributed by atoms with Gasteiger partial charge in [0.05, 0.1) is 5.69 Å². The number of piperazine rings is 1. The van der Waals surface area contributed by atoms with Gasteiger partial charge in [-0.05, 0) is 38.0 Å². The number of anilines is 1. The van der Waals surface area contributed by atoms with Gasteiger partial charge in [0, 0.05) is 32.2 Å². The number of aryl methyl sites for hydroxylation is 1. The van der Waals surface area contributed by atoms with Gasteiger partial charge in [-0.3, -0.25) is 4.90 Å². The first kappa shape index (κ1) is 13.7. The zero-order valence-corrected chi connectivity index (χ0v) is 13.6. The molecule has 3 fully saturated rings. The molecule has 0 spiro atoms. The number of nitrogens with zero attached hydrogens (tertiary/aromatic N) is 5. The molecule has 5 rings (SSSR count). The van der Waals surface area contributed by atoms with E-state index in [-0.39, 0.29) is 0 Å². The minimum Gasteiger partial charge on any atom is -0.353 e. The van der Waals surface area contributed by atoms with Crippen molar-refractivity contribution in [1.29, 1.82) is 0 Å². The molecule has 0 radical (unpaired) electrons. The summed E-state index contributed by atoms with van der Waals surface area (Å²) in [5.74, 6) is 2.98. The predicted octanol–water partition coefficient (Wildman–Crippen LogP) is 2.24. The van der Waals surface area contributed by atoms with E-state index in [1.807, 2.05) is 6.92 Å². The molecular formula is C17H23N5O. The van der Waals surface area contributed by atoms with Crippen LogP contribution < -0.4 is 4.90 Å². The minimum absolute atomic E-state index is 0.600. The minimum atomic E-state index is 0.600. The van der Waals surface area contributed by atoms with Crippen molar-refractivity contribution in [3.63, 3.8) is 0 Å². The van der Waals surface area contributed by atoms with Gasteiger partial charge in [-0.25, -0.2) is 4.98 Å². The predicted molar refractivity (Wildman–Crippen MR) is 87.4 cm³/mol. The lowest BCUT2D eigenvalue weighted by Crippen LogP contribution is -2.52. The Labute approximate surface area is 135 Å². The van der Waals surface area contributed by atoms with E-state index in [1.54, 1.807) is 6.33 Å². The van der Waals surface area contributed by atoms with E-state index in [1.165, 1.54) is 25.7 Å². The maximum atomic E-state index is 5.28. The van der Waals surface area contributed by atoms with Crippen molar-refractivity contribution in [3.8, 4) is 0 Å². The summed E-state index contributed by atoms with van der Waals surface area (Å²) >= 11 is 0. The monoisotopic (exact) mass is 313 g/mol. The number of rotatable bonds is 2. The Bertz CT molecular complexity index is 721. The molecule has 0 amide bonds. The van der Waals surface area contributed by atoms with Crippen LogP contribution in [0.3, 0.4) is 0 Å². The van der Waals surface area contributed by atoms with Gasteiger partial charge in [-0.2, -0.15) is 4.98 Å². The fraction of sp³-hybridized carbons (Fsp3) is 0.706. The molecule has 6 heteroatoms. The third-order valence-electron chi connectivity index (χ3n) is 6.21. The van der Waals surface area contributed by atoms with Crippen LogP contribution in [0.2, 0.25) is 0 Å². The molecule has 3 aliphatic rings. The van der Waals surface area contributed by atoms with E-state index >= 15 is 0 Å². The Kier molecular flexibility index (Phi) is 3.08. The molecule has 2 saturated carbocycles. The van der Waals surface area contributed by atoms with Gasteiger partial charge >= 0.3 is 0 Å². The van der Waals surface area contributed by atoms with E-state index in [9.17, 15) is 0 Å². The summed E-state index contributed by atoms with van der Waals surface area (Å²) in [5, 5.41) is 5.01. The van der Waals surface area contributed by atoms with Crippen molar-refractivity contribution < 1.29 is 4.52 Å². The van der Waals surface area contributed by atoms with Gasteiger partial charge in [-0.1, -0.05) is 11.6 Å². The molecule has 23 heavy (non-hydrogen) atoms. The molecule has 2 aromatic heterocycles. The highest BCUT2D eigenvalue weighted by Crippen LogP contribution is 2.46. The van der Waals surface area contributed by atoms with Crippen molar-refractivity contribution >= 4 is 16.9 Å². The topological polar surface area (TPSA) is 58.3 Å². The van der Waals surface area contributed by atoms with Crippen molar-refractivity contribution in [2.75, 3.05) is 31.1 Å². The fourth-order valence-electron chi connectivity index (χ4n) is 5.07. The highest BCUT2D eigenvalue weighted by Gasteiger charge is 2.42. The molecule has 0 unspecified atom stereocenters. The van der Waals surface area contributed by atoms with Crippen LogP contribution in [0.4, 0.5) is 5.82 Å². The Morgan fingerprint density at radius 3 is 2.70 bits per heavy atom. The van der Waals surface area contributed by atoms with Crippen molar-refractivity contribution in [2.45, 2.75) is 38.6 Å². The van der Waals surface area contributed by atoms with Crippen LogP contribution in [0.15, 0.2) is 10.9 Å². The normalized spacial score (nSPS) is 31.3. The van der Waals surface area contributed by atoms with E-state index in [0.29, 0.717) is 5.71 Å².